The third kappa shape index (κ3) is 12.6. The first kappa shape index (κ1) is 38.6. The number of likely N-dealkylation sites (N-methyl/N-ethyl adjacent to an activating group) is 1. The molecule has 0 aromatic carbocycles. The lowest BCUT2D eigenvalue weighted by Crippen LogP contribution is -2.64. The van der Waals surface area contributed by atoms with Crippen LogP contribution in [0.25, 0.3) is 0 Å². The molecule has 2 heterocycles. The standard InChI is InChI=1S/C33H61ClN2O6S/c1-6-8-9-10-11-12-13-14-15-16-17-18-19-20-41-32(40)26-28(37)29(38)30(42-33(26)43-5)27(23(3)34)35-31(39)25-21-24(7-2)22-36(25)4/h23-30,33,37-38H,6-22H2,1-5H3,(H,35,39)/t23-,24+,25-,26-,27+,28+,29+,30+,33+/m0/s1. The van der Waals surface area contributed by atoms with E-state index in [0.29, 0.717) is 5.92 Å². The molecule has 0 aromatic heterocycles. The number of amides is 1. The normalized spacial score (nSPS) is 29.3. The predicted octanol–water partition coefficient (Wildman–Crippen LogP) is 5.89. The van der Waals surface area contributed by atoms with Crippen molar-refractivity contribution in [3.05, 3.63) is 0 Å². The predicted molar refractivity (Wildman–Crippen MR) is 176 cm³/mol. The monoisotopic (exact) mass is 648 g/mol. The molecule has 43 heavy (non-hydrogen) atoms. The highest BCUT2D eigenvalue weighted by atomic mass is 35.5. The number of aliphatic hydroxyl groups is 2. The van der Waals surface area contributed by atoms with Crippen LogP contribution in [0, 0.1) is 11.8 Å². The van der Waals surface area contributed by atoms with Gasteiger partial charge in [0.15, 0.2) is 0 Å². The van der Waals surface area contributed by atoms with Crippen LogP contribution in [0.4, 0.5) is 0 Å². The molecule has 2 fully saturated rings. The third-order valence-electron chi connectivity index (χ3n) is 9.31. The van der Waals surface area contributed by atoms with Crippen molar-refractivity contribution in [2.24, 2.45) is 11.8 Å². The molecule has 2 rings (SSSR count). The molecule has 10 heteroatoms. The number of thioether (sulfide) groups is 1. The Hall–Kier alpha value is -0.580. The zero-order valence-electron chi connectivity index (χ0n) is 27.5. The number of rotatable bonds is 21. The summed E-state index contributed by atoms with van der Waals surface area (Å²) >= 11 is 7.77. The van der Waals surface area contributed by atoms with Gasteiger partial charge in [-0.3, -0.25) is 14.5 Å². The average molecular weight is 649 g/mol. The first-order chi connectivity index (χ1) is 20.7. The van der Waals surface area contributed by atoms with Crippen LogP contribution >= 0.6 is 23.4 Å². The first-order valence-corrected chi connectivity index (χ1v) is 18.7. The Kier molecular flexibility index (Phi) is 19.1. The minimum atomic E-state index is -1.41. The lowest BCUT2D eigenvalue weighted by Gasteiger charge is -2.44. The Bertz CT molecular complexity index is 790. The van der Waals surface area contributed by atoms with Crippen LogP contribution in [0.5, 0.6) is 0 Å². The number of unbranched alkanes of at least 4 members (excludes halogenated alkanes) is 12. The number of hydrogen-bond acceptors (Lipinski definition) is 8. The molecule has 9 atom stereocenters. The highest BCUT2D eigenvalue weighted by molar-refractivity contribution is 7.99. The van der Waals surface area contributed by atoms with E-state index in [1.54, 1.807) is 13.2 Å². The molecule has 8 nitrogen and oxygen atoms in total. The summed E-state index contributed by atoms with van der Waals surface area (Å²) in [6.07, 6.45) is 15.9. The van der Waals surface area contributed by atoms with Gasteiger partial charge < -0.3 is 25.0 Å². The summed E-state index contributed by atoms with van der Waals surface area (Å²) in [7, 11) is 1.94. The molecule has 2 aliphatic heterocycles. The van der Waals surface area contributed by atoms with Gasteiger partial charge in [0.05, 0.1) is 30.2 Å². The molecule has 252 valence electrons. The van der Waals surface area contributed by atoms with Gasteiger partial charge in [-0.25, -0.2) is 0 Å². The van der Waals surface area contributed by atoms with Crippen LogP contribution in [0.2, 0.25) is 0 Å². The maximum atomic E-state index is 13.2. The summed E-state index contributed by atoms with van der Waals surface area (Å²) in [4.78, 5) is 28.3. The van der Waals surface area contributed by atoms with Crippen molar-refractivity contribution in [3.63, 3.8) is 0 Å². The van der Waals surface area contributed by atoms with Crippen LogP contribution in [-0.2, 0) is 19.1 Å². The fraction of sp³-hybridized carbons (Fsp3) is 0.939. The van der Waals surface area contributed by atoms with Crippen molar-refractivity contribution in [2.75, 3.05) is 26.5 Å². The Morgan fingerprint density at radius 2 is 1.53 bits per heavy atom. The van der Waals surface area contributed by atoms with Crippen LogP contribution in [0.3, 0.4) is 0 Å². The van der Waals surface area contributed by atoms with E-state index < -0.39 is 47.1 Å². The molecule has 0 bridgehead atoms. The summed E-state index contributed by atoms with van der Waals surface area (Å²) in [6.45, 7) is 7.24. The molecule has 0 aromatic rings. The fourth-order valence-electron chi connectivity index (χ4n) is 6.45. The van der Waals surface area contributed by atoms with E-state index in [9.17, 15) is 19.8 Å². The molecule has 0 saturated carbocycles. The van der Waals surface area contributed by atoms with Gasteiger partial charge in [-0.2, -0.15) is 0 Å². The minimum Gasteiger partial charge on any atom is -0.465 e. The fourth-order valence-corrected chi connectivity index (χ4v) is 7.46. The molecule has 2 saturated heterocycles. The number of nitrogens with zero attached hydrogens (tertiary/aromatic N) is 1. The molecule has 0 aliphatic carbocycles. The summed E-state index contributed by atoms with van der Waals surface area (Å²) in [6, 6.07) is -1.02. The van der Waals surface area contributed by atoms with E-state index in [1.165, 1.54) is 76.0 Å². The Balaban J connectivity index is 1.76. The molecule has 0 unspecified atom stereocenters. The molecule has 3 N–H and O–H groups in total. The van der Waals surface area contributed by atoms with Crippen molar-refractivity contribution in [3.8, 4) is 0 Å². The van der Waals surface area contributed by atoms with Crippen LogP contribution in [0.15, 0.2) is 0 Å². The second-order valence-corrected chi connectivity index (χ2v) is 14.4. The second-order valence-electron chi connectivity index (χ2n) is 12.8. The van der Waals surface area contributed by atoms with Crippen molar-refractivity contribution in [1.29, 1.82) is 0 Å². The van der Waals surface area contributed by atoms with Gasteiger partial charge in [0, 0.05) is 6.54 Å². The summed E-state index contributed by atoms with van der Waals surface area (Å²) in [5.74, 6) is -1.31. The minimum absolute atomic E-state index is 0.165. The first-order valence-electron chi connectivity index (χ1n) is 17.0. The van der Waals surface area contributed by atoms with Gasteiger partial charge in [-0.1, -0.05) is 97.3 Å². The van der Waals surface area contributed by atoms with Crippen molar-refractivity contribution < 1.29 is 29.3 Å². The third-order valence-corrected chi connectivity index (χ3v) is 10.4. The Morgan fingerprint density at radius 3 is 2.02 bits per heavy atom. The molecule has 0 spiro atoms. The van der Waals surface area contributed by atoms with Crippen molar-refractivity contribution in [1.82, 2.24) is 10.2 Å². The van der Waals surface area contributed by atoms with Crippen molar-refractivity contribution >= 4 is 35.2 Å². The van der Waals surface area contributed by atoms with Crippen LogP contribution in [-0.4, -0.2) is 94.7 Å². The number of esters is 1. The SMILES string of the molecule is CCCCCCCCCCCCCCCOC(=O)[C@@H]1[C@@H](O)[C@@H](O)[C@@H]([C@H](NC(=O)[C@@H]2C[C@@H](CC)CN2C)[C@H](C)Cl)O[C@@H]1SC. The second kappa shape index (κ2) is 21.3. The average Bonchev–Trinajstić information content (AvgIpc) is 3.37. The lowest BCUT2D eigenvalue weighted by molar-refractivity contribution is -0.200. The molecule has 2 aliphatic rings. The zero-order chi connectivity index (χ0) is 31.8. The Labute approximate surface area is 270 Å². The maximum Gasteiger partial charge on any atom is 0.315 e. The van der Waals surface area contributed by atoms with E-state index in [1.807, 2.05) is 11.9 Å². The van der Waals surface area contributed by atoms with Crippen molar-refractivity contribution in [2.45, 2.75) is 158 Å². The van der Waals surface area contributed by atoms with Crippen LogP contribution < -0.4 is 5.32 Å². The summed E-state index contributed by atoms with van der Waals surface area (Å²) in [5, 5.41) is 24.6. The highest BCUT2D eigenvalue weighted by Gasteiger charge is 2.52. The maximum absolute atomic E-state index is 13.2. The molecular weight excluding hydrogens is 588 g/mol. The Morgan fingerprint density at radius 1 is 0.977 bits per heavy atom. The number of nitrogens with one attached hydrogen (secondary N) is 1. The number of alkyl halides is 1. The summed E-state index contributed by atoms with van der Waals surface area (Å²) < 4.78 is 11.7. The van der Waals surface area contributed by atoms with E-state index in [4.69, 9.17) is 21.1 Å². The van der Waals surface area contributed by atoms with Gasteiger partial charge >= 0.3 is 5.97 Å². The topological polar surface area (TPSA) is 108 Å². The number of aliphatic hydroxyl groups excluding tert-OH is 2. The van der Waals surface area contributed by atoms with E-state index in [-0.39, 0.29) is 18.6 Å². The largest absolute Gasteiger partial charge is 0.465 e. The quantitative estimate of drug-likeness (QED) is 0.0804. The number of likely N-dealkylation sites (tertiary alicyclic amines) is 1. The highest BCUT2D eigenvalue weighted by Crippen LogP contribution is 2.35. The van der Waals surface area contributed by atoms with E-state index >= 15 is 0 Å². The van der Waals surface area contributed by atoms with E-state index in [0.717, 1.165) is 38.6 Å². The van der Waals surface area contributed by atoms with Gasteiger partial charge in [-0.05, 0) is 39.0 Å². The molecule has 0 radical (unpaired) electrons. The van der Waals surface area contributed by atoms with Gasteiger partial charge in [-0.15, -0.1) is 23.4 Å². The number of ether oxygens (including phenoxy) is 2. The number of carbonyl (C=O) groups is 2. The molecule has 1 amide bonds. The smallest absolute Gasteiger partial charge is 0.315 e. The number of hydrogen-bond donors (Lipinski definition) is 3. The van der Waals surface area contributed by atoms with Gasteiger partial charge in [0.2, 0.25) is 5.91 Å². The summed E-state index contributed by atoms with van der Waals surface area (Å²) in [5.41, 5.74) is -0.740. The van der Waals surface area contributed by atoms with Gasteiger partial charge in [0.25, 0.3) is 0 Å². The molecular formula is C33H61ClN2O6S. The zero-order valence-corrected chi connectivity index (χ0v) is 29.1. The number of halogens is 1. The lowest BCUT2D eigenvalue weighted by atomic mass is 9.88. The van der Waals surface area contributed by atoms with Crippen LogP contribution in [0.1, 0.15) is 117 Å². The number of carbonyl (C=O) groups excluding carboxylic acids is 2. The van der Waals surface area contributed by atoms with Gasteiger partial charge in [0.1, 0.15) is 23.6 Å². The van der Waals surface area contributed by atoms with E-state index in [2.05, 4.69) is 19.2 Å².